The lowest BCUT2D eigenvalue weighted by Gasteiger charge is -2.71. The van der Waals surface area contributed by atoms with E-state index in [0.29, 0.717) is 33.6 Å². The number of allylic oxidation sites excluding steroid dienone is 2. The summed E-state index contributed by atoms with van der Waals surface area (Å²) in [5, 5.41) is 9.31. The lowest BCUT2D eigenvalue weighted by Crippen LogP contribution is -2.66. The van der Waals surface area contributed by atoms with Gasteiger partial charge in [-0.15, -0.1) is 0 Å². The molecule has 1 aromatic rings. The first-order valence-corrected chi connectivity index (χ1v) is 14.4. The molecule has 9 atom stereocenters. The number of fused-ring (bicyclic) bond motifs is 7. The Morgan fingerprint density at radius 3 is 2.34 bits per heavy atom. The topological polar surface area (TPSA) is 63.3 Å². The Balaban J connectivity index is 1.32. The highest BCUT2D eigenvalue weighted by atomic mass is 16.4. The van der Waals surface area contributed by atoms with E-state index in [-0.39, 0.29) is 5.54 Å². The van der Waals surface area contributed by atoms with Gasteiger partial charge < -0.3 is 10.8 Å². The number of nitrogens with two attached hydrogens (primary N) is 1. The Labute approximate surface area is 211 Å². The number of hydrogen-bond donors (Lipinski definition) is 2. The Morgan fingerprint density at radius 1 is 0.886 bits per heavy atom. The van der Waals surface area contributed by atoms with Crippen LogP contribution in [0.15, 0.2) is 30.3 Å². The molecule has 3 heteroatoms. The van der Waals surface area contributed by atoms with Gasteiger partial charge in [0.1, 0.15) is 0 Å². The molecule has 190 valence electrons. The molecule has 3 N–H and O–H groups in total. The fourth-order valence-corrected chi connectivity index (χ4v) is 11.0. The predicted octanol–water partition coefficient (Wildman–Crippen LogP) is 7.55. The van der Waals surface area contributed by atoms with E-state index in [1.54, 1.807) is 12.1 Å². The minimum Gasteiger partial charge on any atom is -0.478 e. The quantitative estimate of drug-likeness (QED) is 0.464. The third-order valence-corrected chi connectivity index (χ3v) is 13.1. The Hall–Kier alpha value is -1.61. The van der Waals surface area contributed by atoms with E-state index in [2.05, 4.69) is 33.8 Å². The molecule has 5 aliphatic rings. The number of aromatic carboxylic acids is 1. The van der Waals surface area contributed by atoms with E-state index >= 15 is 0 Å². The zero-order valence-electron chi connectivity index (χ0n) is 22.3. The smallest absolute Gasteiger partial charge is 0.335 e. The first-order chi connectivity index (χ1) is 16.5. The molecular weight excluding hydrogens is 430 g/mol. The van der Waals surface area contributed by atoms with Gasteiger partial charge in [0.25, 0.3) is 0 Å². The maximum Gasteiger partial charge on any atom is 0.335 e. The van der Waals surface area contributed by atoms with Crippen molar-refractivity contribution in [1.82, 2.24) is 0 Å². The third-order valence-electron chi connectivity index (χ3n) is 13.1. The molecule has 4 fully saturated rings. The van der Waals surface area contributed by atoms with E-state index < -0.39 is 5.97 Å². The van der Waals surface area contributed by atoms with Crippen LogP contribution >= 0.6 is 0 Å². The van der Waals surface area contributed by atoms with Crippen molar-refractivity contribution in [2.45, 2.75) is 97.4 Å². The highest BCUT2D eigenvalue weighted by Gasteiger charge is 2.68. The summed E-state index contributed by atoms with van der Waals surface area (Å²) in [5.74, 6) is 2.69. The van der Waals surface area contributed by atoms with Crippen molar-refractivity contribution >= 4 is 11.5 Å². The number of rotatable bonds is 2. The van der Waals surface area contributed by atoms with Gasteiger partial charge in [-0.3, -0.25) is 0 Å². The average Bonchev–Trinajstić information content (AvgIpc) is 3.21. The second kappa shape index (κ2) is 7.70. The summed E-state index contributed by atoms with van der Waals surface area (Å²) in [6.07, 6.45) is 15.6. The van der Waals surface area contributed by atoms with Gasteiger partial charge in [-0.1, -0.05) is 52.3 Å². The molecule has 0 spiro atoms. The second-order valence-electron chi connectivity index (χ2n) is 14.0. The molecular formula is C32H45NO2. The number of carboxylic acids is 1. The molecule has 0 heterocycles. The Bertz CT molecular complexity index is 1060. The SMILES string of the molecule is CC1C(c2ccc(C(=O)O)cc2)=CC[C@@]2(C)C1CCC1(C)C2CC[C@@H]2C3CCC[C@]3(N)CC[C@]21C. The second-order valence-corrected chi connectivity index (χ2v) is 14.0. The fraction of sp³-hybridized carbons (Fsp3) is 0.719. The zero-order chi connectivity index (χ0) is 24.8. The van der Waals surface area contributed by atoms with E-state index in [1.807, 2.05) is 12.1 Å². The summed E-state index contributed by atoms with van der Waals surface area (Å²) >= 11 is 0. The molecule has 5 unspecified atom stereocenters. The Morgan fingerprint density at radius 2 is 1.63 bits per heavy atom. The fourth-order valence-electron chi connectivity index (χ4n) is 11.0. The molecule has 6 rings (SSSR count). The normalized spacial score (nSPS) is 48.7. The van der Waals surface area contributed by atoms with Crippen LogP contribution in [0.3, 0.4) is 0 Å². The van der Waals surface area contributed by atoms with E-state index in [1.165, 1.54) is 68.9 Å². The molecule has 0 aromatic heterocycles. The summed E-state index contributed by atoms with van der Waals surface area (Å²) in [7, 11) is 0. The van der Waals surface area contributed by atoms with Gasteiger partial charge >= 0.3 is 5.97 Å². The molecule has 0 radical (unpaired) electrons. The Kier molecular flexibility index (Phi) is 5.23. The van der Waals surface area contributed by atoms with Crippen molar-refractivity contribution in [3.63, 3.8) is 0 Å². The van der Waals surface area contributed by atoms with Gasteiger partial charge in [-0.25, -0.2) is 4.79 Å². The molecule has 0 amide bonds. The summed E-state index contributed by atoms with van der Waals surface area (Å²) in [5.41, 5.74) is 11.4. The monoisotopic (exact) mass is 475 g/mol. The van der Waals surface area contributed by atoms with E-state index in [4.69, 9.17) is 5.73 Å². The van der Waals surface area contributed by atoms with Crippen LogP contribution in [-0.4, -0.2) is 16.6 Å². The largest absolute Gasteiger partial charge is 0.478 e. The van der Waals surface area contributed by atoms with Crippen LogP contribution in [0.25, 0.3) is 5.57 Å². The van der Waals surface area contributed by atoms with Gasteiger partial charge in [0.2, 0.25) is 0 Å². The molecule has 0 bridgehead atoms. The number of carbonyl (C=O) groups is 1. The van der Waals surface area contributed by atoms with Crippen molar-refractivity contribution in [3.05, 3.63) is 41.5 Å². The molecule has 1 aromatic carbocycles. The highest BCUT2D eigenvalue weighted by molar-refractivity contribution is 5.88. The number of benzene rings is 1. The minimum atomic E-state index is -0.849. The van der Waals surface area contributed by atoms with Gasteiger partial charge in [-0.05, 0) is 127 Å². The van der Waals surface area contributed by atoms with Crippen LogP contribution < -0.4 is 5.73 Å². The van der Waals surface area contributed by atoms with Crippen molar-refractivity contribution in [3.8, 4) is 0 Å². The molecule has 35 heavy (non-hydrogen) atoms. The maximum atomic E-state index is 11.3. The van der Waals surface area contributed by atoms with Gasteiger partial charge in [0, 0.05) is 5.54 Å². The van der Waals surface area contributed by atoms with Crippen molar-refractivity contribution in [2.75, 3.05) is 0 Å². The first kappa shape index (κ1) is 23.8. The molecule has 4 saturated carbocycles. The van der Waals surface area contributed by atoms with Gasteiger partial charge in [-0.2, -0.15) is 0 Å². The van der Waals surface area contributed by atoms with Crippen LogP contribution in [0.2, 0.25) is 0 Å². The summed E-state index contributed by atoms with van der Waals surface area (Å²) in [6, 6.07) is 7.58. The molecule has 0 aliphatic heterocycles. The van der Waals surface area contributed by atoms with Crippen LogP contribution in [0.5, 0.6) is 0 Å². The van der Waals surface area contributed by atoms with Gasteiger partial charge in [0.05, 0.1) is 5.56 Å². The summed E-state index contributed by atoms with van der Waals surface area (Å²) in [6.45, 7) is 10.4. The summed E-state index contributed by atoms with van der Waals surface area (Å²) in [4.78, 5) is 11.3. The first-order valence-electron chi connectivity index (χ1n) is 14.4. The number of hydrogen-bond acceptors (Lipinski definition) is 2. The van der Waals surface area contributed by atoms with Crippen LogP contribution in [0.4, 0.5) is 0 Å². The minimum absolute atomic E-state index is 0.127. The summed E-state index contributed by atoms with van der Waals surface area (Å²) < 4.78 is 0. The van der Waals surface area contributed by atoms with Crippen LogP contribution in [0.1, 0.15) is 108 Å². The van der Waals surface area contributed by atoms with Crippen molar-refractivity contribution in [1.29, 1.82) is 0 Å². The maximum absolute atomic E-state index is 11.3. The van der Waals surface area contributed by atoms with Crippen molar-refractivity contribution < 1.29 is 9.90 Å². The standard InChI is InChI=1S/C32H45NO2/c1-20-23(21-7-9-22(10-8-21)28(34)35)13-16-29(2)24(20)14-17-31(4)27(29)12-11-25-26-6-5-15-32(26,33)19-18-30(25,31)3/h7-10,13,20,24-27H,5-6,11-12,14-19,33H2,1-4H3,(H,34,35)/t20?,24?,25-,26?,27?,29+,30-,31?,32+/m1/s1. The predicted molar refractivity (Wildman–Crippen MR) is 142 cm³/mol. The zero-order valence-corrected chi connectivity index (χ0v) is 22.3. The highest BCUT2D eigenvalue weighted by Crippen LogP contribution is 2.74. The molecule has 5 aliphatic carbocycles. The average molecular weight is 476 g/mol. The van der Waals surface area contributed by atoms with Crippen LogP contribution in [0, 0.1) is 45.8 Å². The van der Waals surface area contributed by atoms with Crippen molar-refractivity contribution in [2.24, 2.45) is 51.6 Å². The third kappa shape index (κ3) is 3.09. The molecule has 0 saturated heterocycles. The van der Waals surface area contributed by atoms with E-state index in [9.17, 15) is 9.90 Å². The lowest BCUT2D eigenvalue weighted by atomic mass is 9.34. The van der Waals surface area contributed by atoms with Crippen LogP contribution in [-0.2, 0) is 0 Å². The lowest BCUT2D eigenvalue weighted by molar-refractivity contribution is -0.209. The van der Waals surface area contributed by atoms with Gasteiger partial charge in [0.15, 0.2) is 0 Å². The molecule has 3 nitrogen and oxygen atoms in total. The number of carboxylic acid groups (broad SMARTS) is 1. The van der Waals surface area contributed by atoms with E-state index in [0.717, 1.165) is 24.2 Å².